The van der Waals surface area contributed by atoms with E-state index in [1.165, 1.54) is 11.3 Å². The minimum absolute atomic E-state index is 0.0160. The van der Waals surface area contributed by atoms with Crippen molar-refractivity contribution < 1.29 is 0 Å². The summed E-state index contributed by atoms with van der Waals surface area (Å²) in [4.78, 5) is 11.6. The van der Waals surface area contributed by atoms with E-state index in [9.17, 15) is 0 Å². The van der Waals surface area contributed by atoms with E-state index in [0.717, 1.165) is 36.8 Å². The molecule has 0 atom stereocenters. The Morgan fingerprint density at radius 3 is 2.68 bits per heavy atom. The van der Waals surface area contributed by atoms with Gasteiger partial charge in [0.05, 0.1) is 0 Å². The van der Waals surface area contributed by atoms with Crippen LogP contribution in [0.5, 0.6) is 0 Å². The monoisotopic (exact) mass is 296 g/mol. The number of benzene rings is 1. The Kier molecular flexibility index (Phi) is 3.77. The molecule has 3 rings (SSSR count). The molecule has 0 aliphatic carbocycles. The lowest BCUT2D eigenvalue weighted by Gasteiger charge is -2.30. The van der Waals surface area contributed by atoms with Crippen molar-refractivity contribution in [2.75, 3.05) is 16.8 Å². The molecule has 0 saturated heterocycles. The van der Waals surface area contributed by atoms with Crippen LogP contribution in [0, 0.1) is 6.92 Å². The fourth-order valence-electron chi connectivity index (χ4n) is 2.86. The number of hydrogen-bond acceptors (Lipinski definition) is 4. The number of nitrogens with zero attached hydrogens (tertiary/aromatic N) is 3. The van der Waals surface area contributed by atoms with Gasteiger partial charge in [-0.05, 0) is 52.2 Å². The SMILES string of the molecule is Cc1cc(NC(C)(C)C)nc(N2CCCc3ccccc32)n1. The van der Waals surface area contributed by atoms with Gasteiger partial charge in [0, 0.05) is 29.5 Å². The molecule has 1 N–H and O–H groups in total. The number of anilines is 3. The average Bonchev–Trinajstić information content (AvgIpc) is 2.44. The van der Waals surface area contributed by atoms with Gasteiger partial charge in [0.25, 0.3) is 0 Å². The first-order valence-corrected chi connectivity index (χ1v) is 7.92. The highest BCUT2D eigenvalue weighted by molar-refractivity contribution is 5.64. The van der Waals surface area contributed by atoms with Crippen molar-refractivity contribution in [3.63, 3.8) is 0 Å². The summed E-state index contributed by atoms with van der Waals surface area (Å²) in [5.41, 5.74) is 3.59. The third kappa shape index (κ3) is 3.21. The molecule has 0 radical (unpaired) electrons. The molecule has 22 heavy (non-hydrogen) atoms. The quantitative estimate of drug-likeness (QED) is 0.906. The molecule has 4 heteroatoms. The van der Waals surface area contributed by atoms with Crippen LogP contribution in [0.15, 0.2) is 30.3 Å². The van der Waals surface area contributed by atoms with Gasteiger partial charge in [-0.2, -0.15) is 4.98 Å². The van der Waals surface area contributed by atoms with Crippen LogP contribution >= 0.6 is 0 Å². The lowest BCUT2D eigenvalue weighted by Crippen LogP contribution is -2.29. The maximum atomic E-state index is 4.75. The van der Waals surface area contributed by atoms with E-state index >= 15 is 0 Å². The Morgan fingerprint density at radius 2 is 1.91 bits per heavy atom. The van der Waals surface area contributed by atoms with Crippen LogP contribution in [0.3, 0.4) is 0 Å². The zero-order valence-corrected chi connectivity index (χ0v) is 13.8. The highest BCUT2D eigenvalue weighted by Gasteiger charge is 2.21. The molecular weight excluding hydrogens is 272 g/mol. The molecule has 4 nitrogen and oxygen atoms in total. The van der Waals surface area contributed by atoms with E-state index in [-0.39, 0.29) is 5.54 Å². The Bertz CT molecular complexity index is 673. The van der Waals surface area contributed by atoms with Crippen molar-refractivity contribution in [3.05, 3.63) is 41.6 Å². The summed E-state index contributed by atoms with van der Waals surface area (Å²) in [5, 5.41) is 3.45. The molecule has 0 amide bonds. The van der Waals surface area contributed by atoms with Gasteiger partial charge in [-0.1, -0.05) is 18.2 Å². The molecule has 0 unspecified atom stereocenters. The van der Waals surface area contributed by atoms with Crippen LogP contribution in [0.4, 0.5) is 17.5 Å². The van der Waals surface area contributed by atoms with Crippen molar-refractivity contribution in [1.82, 2.24) is 9.97 Å². The summed E-state index contributed by atoms with van der Waals surface area (Å²) >= 11 is 0. The van der Waals surface area contributed by atoms with Gasteiger partial charge in [0.1, 0.15) is 5.82 Å². The lowest BCUT2D eigenvalue weighted by atomic mass is 10.0. The maximum Gasteiger partial charge on any atom is 0.232 e. The molecule has 0 saturated carbocycles. The normalized spacial score (nSPS) is 14.6. The number of aryl methyl sites for hydroxylation is 2. The van der Waals surface area contributed by atoms with E-state index in [1.807, 2.05) is 13.0 Å². The second-order valence-electron chi connectivity index (χ2n) is 6.95. The van der Waals surface area contributed by atoms with E-state index in [4.69, 9.17) is 4.98 Å². The van der Waals surface area contributed by atoms with Crippen molar-refractivity contribution >= 4 is 17.5 Å². The summed E-state index contributed by atoms with van der Waals surface area (Å²) < 4.78 is 0. The van der Waals surface area contributed by atoms with Gasteiger partial charge < -0.3 is 10.2 Å². The minimum Gasteiger partial charge on any atom is -0.365 e. The molecule has 0 spiro atoms. The van der Waals surface area contributed by atoms with Crippen LogP contribution in [0.2, 0.25) is 0 Å². The lowest BCUT2D eigenvalue weighted by molar-refractivity contribution is 0.629. The van der Waals surface area contributed by atoms with Crippen LogP contribution in [0.25, 0.3) is 0 Å². The second kappa shape index (κ2) is 5.59. The Labute approximate surface area is 132 Å². The van der Waals surface area contributed by atoms with Gasteiger partial charge in [0.15, 0.2) is 0 Å². The zero-order valence-electron chi connectivity index (χ0n) is 13.8. The number of fused-ring (bicyclic) bond motifs is 1. The van der Waals surface area contributed by atoms with E-state index in [1.54, 1.807) is 0 Å². The van der Waals surface area contributed by atoms with Gasteiger partial charge in [0.2, 0.25) is 5.95 Å². The summed E-state index contributed by atoms with van der Waals surface area (Å²) in [7, 11) is 0. The molecule has 2 aromatic rings. The third-order valence-corrected chi connectivity index (χ3v) is 3.70. The van der Waals surface area contributed by atoms with E-state index in [0.29, 0.717) is 0 Å². The van der Waals surface area contributed by atoms with Crippen molar-refractivity contribution in [2.45, 2.75) is 46.1 Å². The Morgan fingerprint density at radius 1 is 1.14 bits per heavy atom. The van der Waals surface area contributed by atoms with Crippen LogP contribution in [-0.2, 0) is 6.42 Å². The molecule has 2 heterocycles. The fraction of sp³-hybridized carbons (Fsp3) is 0.444. The highest BCUT2D eigenvalue weighted by atomic mass is 15.3. The summed E-state index contributed by atoms with van der Waals surface area (Å²) in [6.07, 6.45) is 2.27. The van der Waals surface area contributed by atoms with Crippen LogP contribution in [0.1, 0.15) is 38.4 Å². The van der Waals surface area contributed by atoms with Crippen LogP contribution < -0.4 is 10.2 Å². The maximum absolute atomic E-state index is 4.75. The minimum atomic E-state index is -0.0160. The molecule has 1 aliphatic rings. The van der Waals surface area contributed by atoms with Crippen molar-refractivity contribution in [2.24, 2.45) is 0 Å². The predicted molar refractivity (Wildman–Crippen MR) is 91.9 cm³/mol. The second-order valence-corrected chi connectivity index (χ2v) is 6.95. The number of para-hydroxylation sites is 1. The molecular formula is C18H24N4. The predicted octanol–water partition coefficient (Wildman–Crippen LogP) is 4.08. The molecule has 1 aromatic carbocycles. The summed E-state index contributed by atoms with van der Waals surface area (Å²) in [5.74, 6) is 1.68. The first kappa shape index (κ1) is 14.8. The largest absolute Gasteiger partial charge is 0.365 e. The molecule has 0 fully saturated rings. The summed E-state index contributed by atoms with van der Waals surface area (Å²) in [6.45, 7) is 9.41. The van der Waals surface area contributed by atoms with Gasteiger partial charge in [-0.25, -0.2) is 4.98 Å². The molecule has 1 aromatic heterocycles. The molecule has 0 bridgehead atoms. The number of aromatic nitrogens is 2. The number of nitrogens with one attached hydrogen (secondary N) is 1. The van der Waals surface area contributed by atoms with E-state index < -0.39 is 0 Å². The standard InChI is InChI=1S/C18H24N4/c1-13-12-16(21-18(2,3)4)20-17(19-13)22-11-7-9-14-8-5-6-10-15(14)22/h5-6,8,10,12H,7,9,11H2,1-4H3,(H,19,20,21). The van der Waals surface area contributed by atoms with Gasteiger partial charge >= 0.3 is 0 Å². The summed E-state index contributed by atoms with van der Waals surface area (Å²) in [6, 6.07) is 10.6. The fourth-order valence-corrected chi connectivity index (χ4v) is 2.86. The number of rotatable bonds is 2. The zero-order chi connectivity index (χ0) is 15.7. The van der Waals surface area contributed by atoms with Gasteiger partial charge in [-0.3, -0.25) is 0 Å². The van der Waals surface area contributed by atoms with E-state index in [2.05, 4.69) is 60.2 Å². The Hall–Kier alpha value is -2.10. The van der Waals surface area contributed by atoms with Gasteiger partial charge in [-0.15, -0.1) is 0 Å². The number of hydrogen-bond donors (Lipinski definition) is 1. The smallest absolute Gasteiger partial charge is 0.232 e. The highest BCUT2D eigenvalue weighted by Crippen LogP contribution is 2.32. The van der Waals surface area contributed by atoms with Crippen LogP contribution in [-0.4, -0.2) is 22.1 Å². The molecule has 1 aliphatic heterocycles. The first-order chi connectivity index (χ1) is 10.4. The topological polar surface area (TPSA) is 41.1 Å². The molecule has 116 valence electrons. The Balaban J connectivity index is 1.99. The third-order valence-electron chi connectivity index (χ3n) is 3.70. The van der Waals surface area contributed by atoms with Crippen molar-refractivity contribution in [1.29, 1.82) is 0 Å². The van der Waals surface area contributed by atoms with Crippen molar-refractivity contribution in [3.8, 4) is 0 Å². The first-order valence-electron chi connectivity index (χ1n) is 7.92. The average molecular weight is 296 g/mol.